The number of piperazine rings is 1. The molecule has 1 aromatic heterocycles. The molecule has 2 atom stereocenters. The van der Waals surface area contributed by atoms with Crippen molar-refractivity contribution in [2.45, 2.75) is 24.4 Å². The van der Waals surface area contributed by atoms with Gasteiger partial charge in [0.05, 0.1) is 11.2 Å². The van der Waals surface area contributed by atoms with Crippen molar-refractivity contribution in [2.24, 2.45) is 0 Å². The number of benzene rings is 2. The number of ketones is 1. The molecule has 3 aliphatic heterocycles. The van der Waals surface area contributed by atoms with Gasteiger partial charge in [-0.3, -0.25) is 19.1 Å². The number of rotatable bonds is 2. The first kappa shape index (κ1) is 16.2. The molecule has 3 aromatic rings. The minimum atomic E-state index is -0.819. The second-order valence-electron chi connectivity index (χ2n) is 7.98. The van der Waals surface area contributed by atoms with E-state index in [0.717, 1.165) is 48.2 Å². The summed E-state index contributed by atoms with van der Waals surface area (Å²) >= 11 is 0. The van der Waals surface area contributed by atoms with E-state index in [4.69, 9.17) is 0 Å². The van der Waals surface area contributed by atoms with Gasteiger partial charge in [-0.1, -0.05) is 48.5 Å². The maximum absolute atomic E-state index is 14.1. The van der Waals surface area contributed by atoms with Crippen LogP contribution in [0.25, 0.3) is 10.9 Å². The number of nitrogens with one attached hydrogen (secondary N) is 1. The van der Waals surface area contributed by atoms with E-state index in [1.165, 1.54) is 0 Å². The highest BCUT2D eigenvalue weighted by Crippen LogP contribution is 2.49. The lowest BCUT2D eigenvalue weighted by molar-refractivity contribution is 0.000720. The second-order valence-corrected chi connectivity index (χ2v) is 7.98. The largest absolute Gasteiger partial charge is 0.310 e. The number of fused-ring (bicyclic) bond motifs is 3. The number of para-hydroxylation sites is 1. The summed E-state index contributed by atoms with van der Waals surface area (Å²) in [6.07, 6.45) is 1.20. The van der Waals surface area contributed by atoms with Crippen molar-refractivity contribution >= 4 is 22.6 Å². The van der Waals surface area contributed by atoms with Gasteiger partial charge in [-0.15, -0.1) is 0 Å². The molecule has 0 spiro atoms. The lowest BCUT2D eigenvalue weighted by atomic mass is 9.70. The molecule has 0 radical (unpaired) electrons. The number of aromatic nitrogens is 1. The fourth-order valence-electron chi connectivity index (χ4n) is 5.69. The van der Waals surface area contributed by atoms with Crippen LogP contribution in [0, 0.1) is 0 Å². The summed E-state index contributed by atoms with van der Waals surface area (Å²) in [7, 11) is 0. The van der Waals surface area contributed by atoms with Crippen molar-refractivity contribution in [2.75, 3.05) is 19.6 Å². The molecule has 2 aromatic carbocycles. The third-order valence-electron chi connectivity index (χ3n) is 6.76. The van der Waals surface area contributed by atoms with Crippen molar-refractivity contribution in [1.82, 2.24) is 14.8 Å². The van der Waals surface area contributed by atoms with Crippen LogP contribution in [0.4, 0.5) is 0 Å². The molecule has 3 aliphatic rings. The van der Waals surface area contributed by atoms with Crippen LogP contribution in [-0.2, 0) is 12.0 Å². The third-order valence-corrected chi connectivity index (χ3v) is 6.76. The topological polar surface area (TPSA) is 54.3 Å². The lowest BCUT2D eigenvalue weighted by Gasteiger charge is -2.55. The van der Waals surface area contributed by atoms with E-state index in [1.807, 2.05) is 53.1 Å². The maximum atomic E-state index is 14.1. The molecule has 0 bridgehead atoms. The van der Waals surface area contributed by atoms with E-state index in [2.05, 4.69) is 16.3 Å². The van der Waals surface area contributed by atoms with Crippen molar-refractivity contribution in [1.29, 1.82) is 0 Å². The molecule has 6 rings (SSSR count). The standard InChI is InChI=1S/C23H21N3O2/c27-20-14-19-23(22(28)15-6-2-1-3-7-15)21-17(10-12-25(23)13-11-24-19)16-8-4-5-9-18(16)26(20)21/h1-9,19,24H,10-14H2/t19-,23-/m1/s1. The number of carbonyl (C=O) groups is 2. The number of carbonyl (C=O) groups excluding carboxylic acids is 2. The predicted molar refractivity (Wildman–Crippen MR) is 107 cm³/mol. The first-order chi connectivity index (χ1) is 13.7. The minimum absolute atomic E-state index is 0.0789. The van der Waals surface area contributed by atoms with Crippen LogP contribution < -0.4 is 5.32 Å². The maximum Gasteiger partial charge on any atom is 0.233 e. The van der Waals surface area contributed by atoms with Crippen LogP contribution in [0.3, 0.4) is 0 Å². The monoisotopic (exact) mass is 371 g/mol. The van der Waals surface area contributed by atoms with E-state index >= 15 is 0 Å². The van der Waals surface area contributed by atoms with E-state index in [1.54, 1.807) is 0 Å². The van der Waals surface area contributed by atoms with Gasteiger partial charge in [-0.25, -0.2) is 0 Å². The summed E-state index contributed by atoms with van der Waals surface area (Å²) in [5, 5.41) is 4.63. The Labute approximate surface area is 162 Å². The van der Waals surface area contributed by atoms with Crippen molar-refractivity contribution in [3.05, 3.63) is 71.4 Å². The molecule has 1 saturated heterocycles. The number of nitrogens with zero attached hydrogens (tertiary/aromatic N) is 2. The molecule has 1 N–H and O–H groups in total. The Morgan fingerprint density at radius 2 is 1.82 bits per heavy atom. The molecular weight excluding hydrogens is 350 g/mol. The predicted octanol–water partition coefficient (Wildman–Crippen LogP) is 2.59. The Balaban J connectivity index is 1.73. The molecule has 0 aliphatic carbocycles. The Hall–Kier alpha value is -2.76. The van der Waals surface area contributed by atoms with E-state index < -0.39 is 5.54 Å². The zero-order valence-electron chi connectivity index (χ0n) is 15.5. The summed E-state index contributed by atoms with van der Waals surface area (Å²) in [5.74, 6) is 0.179. The smallest absolute Gasteiger partial charge is 0.233 e. The van der Waals surface area contributed by atoms with Crippen molar-refractivity contribution in [3.8, 4) is 0 Å². The van der Waals surface area contributed by atoms with Crippen LogP contribution in [0.15, 0.2) is 54.6 Å². The van der Waals surface area contributed by atoms with Gasteiger partial charge in [0.25, 0.3) is 0 Å². The van der Waals surface area contributed by atoms with Gasteiger partial charge in [0, 0.05) is 43.0 Å². The second kappa shape index (κ2) is 5.63. The molecule has 0 saturated carbocycles. The van der Waals surface area contributed by atoms with Crippen LogP contribution in [-0.4, -0.2) is 46.8 Å². The number of Topliss-reactive ketones (excluding diaryl/α,β-unsaturated/α-hetero) is 1. The SMILES string of the molecule is O=C1C[C@H]2NCCN3CCc4c(n1c1ccccc41)[C@@]23C(=O)c1ccccc1. The Bertz CT molecular complexity index is 1130. The molecule has 0 unspecified atom stereocenters. The first-order valence-corrected chi connectivity index (χ1v) is 9.97. The Kier molecular flexibility index (Phi) is 3.26. The molecule has 5 nitrogen and oxygen atoms in total. The zero-order chi connectivity index (χ0) is 18.9. The number of hydrogen-bond acceptors (Lipinski definition) is 4. The Morgan fingerprint density at radius 1 is 1.04 bits per heavy atom. The van der Waals surface area contributed by atoms with Crippen LogP contribution >= 0.6 is 0 Å². The fraction of sp³-hybridized carbons (Fsp3) is 0.304. The molecule has 140 valence electrons. The lowest BCUT2D eigenvalue weighted by Crippen LogP contribution is -2.73. The molecule has 4 heterocycles. The summed E-state index contributed by atoms with van der Waals surface area (Å²) in [5.41, 5.74) is 2.89. The van der Waals surface area contributed by atoms with Crippen LogP contribution in [0.5, 0.6) is 0 Å². The van der Waals surface area contributed by atoms with Gasteiger partial charge in [-0.05, 0) is 18.1 Å². The first-order valence-electron chi connectivity index (χ1n) is 9.97. The van der Waals surface area contributed by atoms with Crippen molar-refractivity contribution in [3.63, 3.8) is 0 Å². The summed E-state index contributed by atoms with van der Waals surface area (Å²) in [4.78, 5) is 29.6. The quantitative estimate of drug-likeness (QED) is 0.704. The van der Waals surface area contributed by atoms with Gasteiger partial charge in [-0.2, -0.15) is 0 Å². The number of hydrogen-bond donors (Lipinski definition) is 1. The molecule has 28 heavy (non-hydrogen) atoms. The molecule has 1 fully saturated rings. The van der Waals surface area contributed by atoms with E-state index in [9.17, 15) is 9.59 Å². The molecule has 5 heteroatoms. The van der Waals surface area contributed by atoms with Crippen molar-refractivity contribution < 1.29 is 9.59 Å². The average Bonchev–Trinajstić information content (AvgIpc) is 3.09. The Morgan fingerprint density at radius 3 is 2.68 bits per heavy atom. The fourth-order valence-corrected chi connectivity index (χ4v) is 5.69. The molecule has 0 amide bonds. The summed E-state index contributed by atoms with van der Waals surface area (Å²) < 4.78 is 1.85. The van der Waals surface area contributed by atoms with Gasteiger partial charge >= 0.3 is 0 Å². The zero-order valence-corrected chi connectivity index (χ0v) is 15.5. The van der Waals surface area contributed by atoms with Gasteiger partial charge < -0.3 is 5.32 Å². The summed E-state index contributed by atoms with van der Waals surface area (Å²) in [6.45, 7) is 2.45. The highest BCUT2D eigenvalue weighted by molar-refractivity contribution is 6.09. The van der Waals surface area contributed by atoms with Gasteiger partial charge in [0.1, 0.15) is 5.54 Å². The molecular formula is C23H21N3O2. The van der Waals surface area contributed by atoms with Crippen LogP contribution in [0.1, 0.15) is 32.8 Å². The van der Waals surface area contributed by atoms with E-state index in [0.29, 0.717) is 12.0 Å². The average molecular weight is 371 g/mol. The highest BCUT2D eigenvalue weighted by atomic mass is 16.2. The van der Waals surface area contributed by atoms with Crippen LogP contribution in [0.2, 0.25) is 0 Å². The highest BCUT2D eigenvalue weighted by Gasteiger charge is 2.60. The van der Waals surface area contributed by atoms with Gasteiger partial charge in [0.15, 0.2) is 5.78 Å². The van der Waals surface area contributed by atoms with E-state index in [-0.39, 0.29) is 17.7 Å². The third kappa shape index (κ3) is 1.83. The normalized spacial score (nSPS) is 26.3. The van der Waals surface area contributed by atoms with Gasteiger partial charge in [0.2, 0.25) is 5.91 Å². The summed E-state index contributed by atoms with van der Waals surface area (Å²) in [6, 6.07) is 17.4. The minimum Gasteiger partial charge on any atom is -0.310 e.